The van der Waals surface area contributed by atoms with E-state index in [2.05, 4.69) is 12.1 Å². The van der Waals surface area contributed by atoms with Crippen molar-refractivity contribution in [3.63, 3.8) is 0 Å². The van der Waals surface area contributed by atoms with Crippen molar-refractivity contribution in [3.8, 4) is 5.75 Å². The first-order chi connectivity index (χ1) is 6.86. The number of hydrogen-bond acceptors (Lipinski definition) is 3. The Bertz CT molecular complexity index is 342. The molecule has 0 aliphatic heterocycles. The van der Waals surface area contributed by atoms with Gasteiger partial charge in [0, 0.05) is 0 Å². The predicted octanol–water partition coefficient (Wildman–Crippen LogP) is 0.711. The third-order valence-corrected chi connectivity index (χ3v) is 2.38. The summed E-state index contributed by atoms with van der Waals surface area (Å²) >= 11 is 1.24. The Kier molecular flexibility index (Phi) is 7.16. The standard InChI is InChI=1S/C8H9O.Na.H2O4S/c1-7-3-5-8(9-2)6-4-7;;1-5(2,3)4/h3-6H,1H2,2H3;;(H2,1,2,3,4). The molecule has 0 radical (unpaired) electrons. The maximum absolute atomic E-state index is 8.74. The minimum absolute atomic E-state index is 0.943. The molecule has 0 atom stereocenters. The van der Waals surface area contributed by atoms with Crippen molar-refractivity contribution in [2.24, 2.45) is 0 Å². The normalized spacial score (nSPS) is 10.2. The van der Waals surface area contributed by atoms with E-state index in [4.69, 9.17) is 22.3 Å². The van der Waals surface area contributed by atoms with E-state index < -0.39 is 10.4 Å². The number of benzene rings is 1. The van der Waals surface area contributed by atoms with Crippen molar-refractivity contribution in [2.45, 2.75) is 3.67 Å². The van der Waals surface area contributed by atoms with Gasteiger partial charge in [0.1, 0.15) is 0 Å². The van der Waals surface area contributed by atoms with E-state index in [0.717, 1.165) is 5.75 Å². The van der Waals surface area contributed by atoms with Crippen molar-refractivity contribution >= 4 is 38.3 Å². The van der Waals surface area contributed by atoms with Crippen molar-refractivity contribution in [1.29, 1.82) is 0 Å². The summed E-state index contributed by atoms with van der Waals surface area (Å²) in [5.74, 6) is 0.943. The van der Waals surface area contributed by atoms with Crippen LogP contribution in [0.2, 0.25) is 0 Å². The molecule has 0 aliphatic carbocycles. The quantitative estimate of drug-likeness (QED) is 0.589. The number of hydrogen-bond donors (Lipinski definition) is 2. The van der Waals surface area contributed by atoms with Crippen molar-refractivity contribution < 1.29 is 22.3 Å². The smallest absolute Gasteiger partial charge is 0.264 e. The van der Waals surface area contributed by atoms with E-state index in [-0.39, 0.29) is 0 Å². The van der Waals surface area contributed by atoms with E-state index in [1.807, 2.05) is 12.1 Å². The molecule has 15 heavy (non-hydrogen) atoms. The SMILES string of the molecule is COc1ccc([CH2][Na])cc1.O=S(=O)(O)O. The van der Waals surface area contributed by atoms with Gasteiger partial charge >= 0.3 is 89.4 Å². The van der Waals surface area contributed by atoms with Crippen LogP contribution >= 0.6 is 0 Å². The fourth-order valence-electron chi connectivity index (χ4n) is 0.861. The monoisotopic (exact) mass is 242 g/mol. The summed E-state index contributed by atoms with van der Waals surface area (Å²) in [4.78, 5) is 0. The molecule has 0 unspecified atom stereocenters. The molecule has 0 saturated carbocycles. The van der Waals surface area contributed by atoms with Crippen molar-refractivity contribution in [1.82, 2.24) is 0 Å². The van der Waals surface area contributed by atoms with Crippen LogP contribution in [0.15, 0.2) is 24.3 Å². The molecule has 80 valence electrons. The minimum atomic E-state index is -4.67. The van der Waals surface area contributed by atoms with Crippen LogP contribution in [0.1, 0.15) is 5.56 Å². The second kappa shape index (κ2) is 7.21. The molecule has 0 heterocycles. The second-order valence-electron chi connectivity index (χ2n) is 2.65. The number of methoxy groups -OCH3 is 1. The van der Waals surface area contributed by atoms with Crippen molar-refractivity contribution in [3.05, 3.63) is 29.8 Å². The molecule has 0 spiro atoms. The van der Waals surface area contributed by atoms with E-state index in [0.29, 0.717) is 0 Å². The summed E-state index contributed by atoms with van der Waals surface area (Å²) in [6.07, 6.45) is 0. The van der Waals surface area contributed by atoms with Gasteiger partial charge in [-0.25, -0.2) is 0 Å². The fourth-order valence-corrected chi connectivity index (χ4v) is 1.33. The molecule has 0 aromatic heterocycles. The summed E-state index contributed by atoms with van der Waals surface area (Å²) in [7, 11) is -2.98. The Labute approximate surface area is 106 Å². The Morgan fingerprint density at radius 1 is 1.27 bits per heavy atom. The van der Waals surface area contributed by atoms with E-state index >= 15 is 0 Å². The van der Waals surface area contributed by atoms with Gasteiger partial charge in [0.25, 0.3) is 0 Å². The van der Waals surface area contributed by atoms with E-state index in [1.165, 1.54) is 37.2 Å². The third-order valence-electron chi connectivity index (χ3n) is 1.57. The fraction of sp³-hybridized carbons (Fsp3) is 0.250. The topological polar surface area (TPSA) is 83.8 Å². The second-order valence-corrected chi connectivity index (χ2v) is 4.25. The molecule has 0 saturated heterocycles. The first-order valence-corrected chi connectivity index (χ1v) is 7.00. The van der Waals surface area contributed by atoms with Crippen LogP contribution in [-0.4, -0.2) is 52.6 Å². The summed E-state index contributed by atoms with van der Waals surface area (Å²) in [5.41, 5.74) is 1.41. The largest absolute Gasteiger partial charge is 0.394 e. The molecule has 7 heteroatoms. The third kappa shape index (κ3) is 10.2. The molecule has 0 fully saturated rings. The van der Waals surface area contributed by atoms with Crippen LogP contribution in [0.25, 0.3) is 0 Å². The van der Waals surface area contributed by atoms with E-state index in [1.54, 1.807) is 7.11 Å². The van der Waals surface area contributed by atoms with Gasteiger partial charge < -0.3 is 0 Å². The molecular weight excluding hydrogens is 231 g/mol. The predicted molar refractivity (Wildman–Crippen MR) is 56.6 cm³/mol. The van der Waals surface area contributed by atoms with Crippen LogP contribution < -0.4 is 4.74 Å². The zero-order chi connectivity index (χ0) is 11.9. The molecule has 2 N–H and O–H groups in total. The maximum Gasteiger partial charge on any atom is 0.394 e. The Hall–Kier alpha value is -0.110. The van der Waals surface area contributed by atoms with Crippen LogP contribution in [0.3, 0.4) is 0 Å². The molecule has 1 aromatic rings. The summed E-state index contributed by atoms with van der Waals surface area (Å²) in [6, 6.07) is 8.25. The molecule has 0 bridgehead atoms. The molecule has 0 aliphatic rings. The number of rotatable bonds is 2. The average Bonchev–Trinajstić information content (AvgIpc) is 2.15. The maximum atomic E-state index is 8.74. The van der Waals surface area contributed by atoms with Crippen LogP contribution in [0.4, 0.5) is 0 Å². The average molecular weight is 242 g/mol. The Morgan fingerprint density at radius 2 is 1.67 bits per heavy atom. The Balaban J connectivity index is 0.000000336. The first-order valence-electron chi connectivity index (χ1n) is 4.19. The molecule has 0 amide bonds. The van der Waals surface area contributed by atoms with Gasteiger partial charge in [0.05, 0.1) is 0 Å². The summed E-state index contributed by atoms with van der Waals surface area (Å²) in [6.45, 7) is 0. The van der Waals surface area contributed by atoms with E-state index in [9.17, 15) is 0 Å². The number of ether oxygens (including phenoxy) is 1. The van der Waals surface area contributed by atoms with Gasteiger partial charge in [0.2, 0.25) is 0 Å². The van der Waals surface area contributed by atoms with Gasteiger partial charge in [-0.05, 0) is 0 Å². The van der Waals surface area contributed by atoms with Gasteiger partial charge in [-0.2, -0.15) is 8.42 Å². The molecule has 1 rings (SSSR count). The zero-order valence-electron chi connectivity index (χ0n) is 8.54. The van der Waals surface area contributed by atoms with Crippen LogP contribution in [-0.2, 0) is 14.1 Å². The molecule has 5 nitrogen and oxygen atoms in total. The van der Waals surface area contributed by atoms with Gasteiger partial charge in [-0.3, -0.25) is 9.11 Å². The van der Waals surface area contributed by atoms with Gasteiger partial charge in [-0.15, -0.1) is 0 Å². The van der Waals surface area contributed by atoms with Gasteiger partial charge in [-0.1, -0.05) is 0 Å². The van der Waals surface area contributed by atoms with Crippen LogP contribution in [0, 0.1) is 0 Å². The Morgan fingerprint density at radius 3 is 1.93 bits per heavy atom. The van der Waals surface area contributed by atoms with Crippen LogP contribution in [0.5, 0.6) is 5.75 Å². The minimum Gasteiger partial charge on any atom is -0.264 e. The van der Waals surface area contributed by atoms with Crippen molar-refractivity contribution in [2.75, 3.05) is 7.11 Å². The molecule has 1 aromatic carbocycles. The first kappa shape index (κ1) is 14.9. The summed E-state index contributed by atoms with van der Waals surface area (Å²) < 4.78 is 37.8. The van der Waals surface area contributed by atoms with Gasteiger partial charge in [0.15, 0.2) is 0 Å². The zero-order valence-corrected chi connectivity index (χ0v) is 11.4. The molecular formula is C8H11NaO5S. The summed E-state index contributed by atoms with van der Waals surface area (Å²) in [5, 5.41) is 0.